The summed E-state index contributed by atoms with van der Waals surface area (Å²) < 4.78 is 32.1. The first-order valence-corrected chi connectivity index (χ1v) is 7.87. The Morgan fingerprint density at radius 2 is 2.17 bits per heavy atom. The molecule has 1 aliphatic heterocycles. The lowest BCUT2D eigenvalue weighted by Crippen LogP contribution is -2.38. The number of rotatable bonds is 2. The number of carbonyl (C=O) groups excluding carboxylic acids is 1. The number of halogens is 2. The summed E-state index contributed by atoms with van der Waals surface area (Å²) in [4.78, 5) is 18.4. The van der Waals surface area contributed by atoms with Crippen LogP contribution in [0.25, 0.3) is 0 Å². The minimum absolute atomic E-state index is 0.188. The van der Waals surface area contributed by atoms with Gasteiger partial charge >= 0.3 is 6.03 Å². The molecule has 128 valence electrons. The quantitative estimate of drug-likeness (QED) is 0.905. The summed E-state index contributed by atoms with van der Waals surface area (Å²) in [6.07, 6.45) is 3.42. The molecular weight excluding hydrogens is 318 g/mol. The van der Waals surface area contributed by atoms with Gasteiger partial charge in [0, 0.05) is 19.5 Å². The lowest BCUT2D eigenvalue weighted by Gasteiger charge is -2.28. The van der Waals surface area contributed by atoms with Crippen LogP contribution in [0, 0.1) is 18.6 Å². The normalized spacial score (nSPS) is 18.3. The van der Waals surface area contributed by atoms with E-state index in [1.54, 1.807) is 11.8 Å². The number of hydrogen-bond donors (Lipinski definition) is 1. The number of aromatic nitrogens is 2. The van der Waals surface area contributed by atoms with Gasteiger partial charge in [-0.2, -0.15) is 4.98 Å². The molecule has 2 amide bonds. The van der Waals surface area contributed by atoms with Crippen molar-refractivity contribution in [2.45, 2.75) is 38.6 Å². The summed E-state index contributed by atoms with van der Waals surface area (Å²) in [6.45, 7) is 2.17. The Kier molecular flexibility index (Phi) is 4.73. The van der Waals surface area contributed by atoms with Gasteiger partial charge in [-0.05, 0) is 25.0 Å². The predicted octanol–water partition coefficient (Wildman–Crippen LogP) is 3.81. The fraction of sp³-hybridized carbons (Fsp3) is 0.438. The van der Waals surface area contributed by atoms with Crippen LogP contribution in [0.4, 0.5) is 19.3 Å². The van der Waals surface area contributed by atoms with Gasteiger partial charge in [0.05, 0.1) is 11.7 Å². The smallest absolute Gasteiger partial charge is 0.322 e. The van der Waals surface area contributed by atoms with Gasteiger partial charge < -0.3 is 14.7 Å². The number of hydrogen-bond acceptors (Lipinski definition) is 4. The Morgan fingerprint density at radius 3 is 2.92 bits per heavy atom. The maximum Gasteiger partial charge on any atom is 0.322 e. The Hall–Kier alpha value is -2.51. The molecule has 0 bridgehead atoms. The molecule has 0 aliphatic carbocycles. The van der Waals surface area contributed by atoms with Gasteiger partial charge in [0.15, 0.2) is 5.82 Å². The van der Waals surface area contributed by atoms with E-state index in [0.717, 1.165) is 37.5 Å². The van der Waals surface area contributed by atoms with Gasteiger partial charge in [0.2, 0.25) is 5.89 Å². The summed E-state index contributed by atoms with van der Waals surface area (Å²) in [6, 6.07) is 2.09. The van der Waals surface area contributed by atoms with E-state index < -0.39 is 17.7 Å². The van der Waals surface area contributed by atoms with Crippen molar-refractivity contribution in [2.75, 3.05) is 11.9 Å². The summed E-state index contributed by atoms with van der Waals surface area (Å²) in [7, 11) is 0. The average molecular weight is 336 g/mol. The Bertz CT molecular complexity index is 735. The fourth-order valence-electron chi connectivity index (χ4n) is 2.85. The van der Waals surface area contributed by atoms with Crippen molar-refractivity contribution in [1.82, 2.24) is 15.0 Å². The lowest BCUT2D eigenvalue weighted by atomic mass is 10.1. The first kappa shape index (κ1) is 16.4. The predicted molar refractivity (Wildman–Crippen MR) is 82.3 cm³/mol. The summed E-state index contributed by atoms with van der Waals surface area (Å²) in [5.74, 6) is -0.450. The van der Waals surface area contributed by atoms with E-state index in [-0.39, 0.29) is 11.7 Å². The Labute approximate surface area is 137 Å². The molecule has 1 aromatic heterocycles. The molecule has 3 rings (SSSR count). The van der Waals surface area contributed by atoms with E-state index in [0.29, 0.717) is 24.7 Å². The van der Waals surface area contributed by atoms with Gasteiger partial charge in [-0.25, -0.2) is 13.6 Å². The summed E-state index contributed by atoms with van der Waals surface area (Å²) in [5, 5.41) is 6.35. The van der Waals surface area contributed by atoms with E-state index in [1.807, 2.05) is 0 Å². The summed E-state index contributed by atoms with van der Waals surface area (Å²) in [5.41, 5.74) is -0.188. The van der Waals surface area contributed by atoms with Crippen LogP contribution in [0.1, 0.15) is 43.4 Å². The molecule has 8 heteroatoms. The highest BCUT2D eigenvalue weighted by atomic mass is 19.1. The maximum atomic E-state index is 13.8. The maximum absolute atomic E-state index is 13.8. The topological polar surface area (TPSA) is 71.3 Å². The minimum atomic E-state index is -0.688. The number of benzene rings is 1. The molecule has 1 aromatic carbocycles. The van der Waals surface area contributed by atoms with Crippen molar-refractivity contribution < 1.29 is 18.1 Å². The van der Waals surface area contributed by atoms with Crippen LogP contribution < -0.4 is 5.32 Å². The van der Waals surface area contributed by atoms with Gasteiger partial charge in [0.1, 0.15) is 11.6 Å². The minimum Gasteiger partial charge on any atom is -0.340 e. The van der Waals surface area contributed by atoms with Gasteiger partial charge in [-0.15, -0.1) is 0 Å². The van der Waals surface area contributed by atoms with Crippen molar-refractivity contribution in [3.05, 3.63) is 41.5 Å². The molecule has 2 aromatic rings. The number of nitrogens with zero attached hydrogens (tertiary/aromatic N) is 3. The van der Waals surface area contributed by atoms with E-state index in [1.165, 1.54) is 0 Å². The van der Waals surface area contributed by atoms with Crippen LogP contribution in [0.2, 0.25) is 0 Å². The third kappa shape index (κ3) is 3.52. The number of aryl methyl sites for hydroxylation is 1. The molecule has 24 heavy (non-hydrogen) atoms. The van der Waals surface area contributed by atoms with Crippen LogP contribution in [-0.2, 0) is 0 Å². The molecule has 1 fully saturated rings. The number of nitrogens with one attached hydrogen (secondary N) is 1. The third-order valence-electron chi connectivity index (χ3n) is 4.02. The molecule has 1 atom stereocenters. The van der Waals surface area contributed by atoms with Crippen LogP contribution in [-0.4, -0.2) is 27.6 Å². The van der Waals surface area contributed by atoms with Crippen LogP contribution >= 0.6 is 0 Å². The standard InChI is InChI=1S/C16H18F2N4O2/c1-10-19-15(21-24-10)14-5-3-2-4-8-22(14)16(23)20-13-9-11(17)6-7-12(13)18/h6-7,9,14H,2-5,8H2,1H3,(H,20,23). The molecule has 0 radical (unpaired) electrons. The van der Waals surface area contributed by atoms with Gasteiger partial charge in [0.25, 0.3) is 0 Å². The average Bonchev–Trinajstić information content (AvgIpc) is 2.83. The van der Waals surface area contributed by atoms with E-state index in [2.05, 4.69) is 15.5 Å². The van der Waals surface area contributed by atoms with Crippen LogP contribution in [0.3, 0.4) is 0 Å². The number of carbonyl (C=O) groups is 1. The highest BCUT2D eigenvalue weighted by Crippen LogP contribution is 2.29. The molecule has 0 spiro atoms. The monoisotopic (exact) mass is 336 g/mol. The van der Waals surface area contributed by atoms with Crippen molar-refractivity contribution in [3.63, 3.8) is 0 Å². The second-order valence-electron chi connectivity index (χ2n) is 5.78. The molecular formula is C16H18F2N4O2. The molecule has 1 aliphatic rings. The third-order valence-corrected chi connectivity index (χ3v) is 4.02. The first-order chi connectivity index (χ1) is 11.5. The van der Waals surface area contributed by atoms with E-state index in [4.69, 9.17) is 4.52 Å². The Morgan fingerprint density at radius 1 is 1.33 bits per heavy atom. The Balaban J connectivity index is 1.83. The second-order valence-corrected chi connectivity index (χ2v) is 5.78. The zero-order chi connectivity index (χ0) is 17.1. The van der Waals surface area contributed by atoms with E-state index in [9.17, 15) is 13.6 Å². The number of amides is 2. The molecule has 1 saturated heterocycles. The van der Waals surface area contributed by atoms with Crippen molar-refractivity contribution in [2.24, 2.45) is 0 Å². The largest absolute Gasteiger partial charge is 0.340 e. The van der Waals surface area contributed by atoms with E-state index >= 15 is 0 Å². The van der Waals surface area contributed by atoms with Crippen LogP contribution in [0.15, 0.2) is 22.7 Å². The van der Waals surface area contributed by atoms with Crippen molar-refractivity contribution in [3.8, 4) is 0 Å². The second kappa shape index (κ2) is 6.94. The van der Waals surface area contributed by atoms with Crippen LogP contribution in [0.5, 0.6) is 0 Å². The fourth-order valence-corrected chi connectivity index (χ4v) is 2.85. The molecule has 2 heterocycles. The zero-order valence-electron chi connectivity index (χ0n) is 13.3. The van der Waals surface area contributed by atoms with Gasteiger partial charge in [-0.1, -0.05) is 18.0 Å². The lowest BCUT2D eigenvalue weighted by molar-refractivity contribution is 0.184. The molecule has 6 nitrogen and oxygen atoms in total. The molecule has 1 N–H and O–H groups in total. The summed E-state index contributed by atoms with van der Waals surface area (Å²) >= 11 is 0. The molecule has 0 saturated carbocycles. The number of urea groups is 1. The first-order valence-electron chi connectivity index (χ1n) is 7.87. The SMILES string of the molecule is Cc1nc(C2CCCCCN2C(=O)Nc2cc(F)ccc2F)no1. The highest BCUT2D eigenvalue weighted by molar-refractivity contribution is 5.89. The van der Waals surface area contributed by atoms with Crippen molar-refractivity contribution in [1.29, 1.82) is 0 Å². The zero-order valence-corrected chi connectivity index (χ0v) is 13.3. The van der Waals surface area contributed by atoms with Gasteiger partial charge in [-0.3, -0.25) is 0 Å². The number of anilines is 1. The van der Waals surface area contributed by atoms with Crippen molar-refractivity contribution >= 4 is 11.7 Å². The number of likely N-dealkylation sites (tertiary alicyclic amines) is 1. The molecule has 1 unspecified atom stereocenters. The highest BCUT2D eigenvalue weighted by Gasteiger charge is 2.30.